The molecule has 3 rings (SSSR count). The molecule has 0 spiro atoms. The predicted molar refractivity (Wildman–Crippen MR) is 74.0 cm³/mol. The van der Waals surface area contributed by atoms with Gasteiger partial charge in [0.25, 0.3) is 5.91 Å². The van der Waals surface area contributed by atoms with Gasteiger partial charge < -0.3 is 5.11 Å². The number of carbonyl (C=O) groups is 1. The zero-order valence-electron chi connectivity index (χ0n) is 11.4. The highest BCUT2D eigenvalue weighted by Crippen LogP contribution is 2.33. The Kier molecular flexibility index (Phi) is 3.40. The summed E-state index contributed by atoms with van der Waals surface area (Å²) < 4.78 is 40.3. The molecule has 6 nitrogen and oxygen atoms in total. The molecule has 118 valence electrons. The van der Waals surface area contributed by atoms with Crippen LogP contribution in [0.25, 0.3) is 5.65 Å². The van der Waals surface area contributed by atoms with Crippen LogP contribution in [0.5, 0.6) is 5.75 Å². The molecule has 2 heterocycles. The number of carbonyl (C=O) groups excluding carboxylic acids is 1. The van der Waals surface area contributed by atoms with Gasteiger partial charge in [-0.2, -0.15) is 13.2 Å². The van der Waals surface area contributed by atoms with Gasteiger partial charge in [0.1, 0.15) is 5.75 Å². The largest absolute Gasteiger partial charge is 0.508 e. The number of fused-ring (bicyclic) bond motifs is 1. The van der Waals surface area contributed by atoms with E-state index in [0.29, 0.717) is 11.7 Å². The lowest BCUT2D eigenvalue weighted by Crippen LogP contribution is -2.19. The van der Waals surface area contributed by atoms with Crippen LogP contribution in [0.3, 0.4) is 0 Å². The van der Waals surface area contributed by atoms with Crippen LogP contribution in [-0.2, 0) is 6.18 Å². The van der Waals surface area contributed by atoms with Gasteiger partial charge in [0.15, 0.2) is 5.65 Å². The van der Waals surface area contributed by atoms with Gasteiger partial charge in [0, 0.05) is 6.20 Å². The number of rotatable bonds is 2. The highest BCUT2D eigenvalue weighted by molar-refractivity contribution is 6.05. The Hall–Kier alpha value is -3.10. The molecular weight excluding hydrogens is 313 g/mol. The molecule has 2 aromatic heterocycles. The van der Waals surface area contributed by atoms with Crippen LogP contribution in [0, 0.1) is 0 Å². The van der Waals surface area contributed by atoms with E-state index in [4.69, 9.17) is 0 Å². The summed E-state index contributed by atoms with van der Waals surface area (Å²) in [5, 5.41) is 19.1. The van der Waals surface area contributed by atoms with Crippen molar-refractivity contribution in [2.24, 2.45) is 0 Å². The van der Waals surface area contributed by atoms with Crippen molar-refractivity contribution in [2.45, 2.75) is 6.18 Å². The van der Waals surface area contributed by atoms with Gasteiger partial charge in [-0.05, 0) is 30.3 Å². The van der Waals surface area contributed by atoms with Crippen LogP contribution in [0.1, 0.15) is 15.9 Å². The number of alkyl halides is 3. The van der Waals surface area contributed by atoms with Crippen LogP contribution in [0.15, 0.2) is 42.6 Å². The number of nitrogens with one attached hydrogen (secondary N) is 1. The van der Waals surface area contributed by atoms with Gasteiger partial charge in [-0.3, -0.25) is 14.5 Å². The fourth-order valence-corrected chi connectivity index (χ4v) is 2.06. The van der Waals surface area contributed by atoms with E-state index in [2.05, 4.69) is 15.5 Å². The molecule has 0 aliphatic heterocycles. The first-order chi connectivity index (χ1) is 10.9. The molecule has 23 heavy (non-hydrogen) atoms. The molecule has 0 aliphatic rings. The summed E-state index contributed by atoms with van der Waals surface area (Å²) >= 11 is 0. The third-order valence-corrected chi connectivity index (χ3v) is 3.09. The molecule has 0 saturated heterocycles. The van der Waals surface area contributed by atoms with Gasteiger partial charge in [0.05, 0.1) is 11.1 Å². The topological polar surface area (TPSA) is 79.5 Å². The lowest BCUT2D eigenvalue weighted by atomic mass is 10.1. The van der Waals surface area contributed by atoms with Crippen molar-refractivity contribution in [3.05, 3.63) is 53.7 Å². The van der Waals surface area contributed by atoms with Crippen molar-refractivity contribution < 1.29 is 23.1 Å². The van der Waals surface area contributed by atoms with Crippen molar-refractivity contribution in [2.75, 3.05) is 5.32 Å². The maximum Gasteiger partial charge on any atom is 0.417 e. The van der Waals surface area contributed by atoms with Gasteiger partial charge in [-0.15, -0.1) is 10.2 Å². The minimum Gasteiger partial charge on any atom is -0.508 e. The van der Waals surface area contributed by atoms with E-state index < -0.39 is 29.0 Å². The van der Waals surface area contributed by atoms with Gasteiger partial charge in [0.2, 0.25) is 5.95 Å². The van der Waals surface area contributed by atoms with Crippen molar-refractivity contribution >= 4 is 17.5 Å². The second kappa shape index (κ2) is 5.27. The van der Waals surface area contributed by atoms with Crippen molar-refractivity contribution in [3.8, 4) is 5.75 Å². The summed E-state index contributed by atoms with van der Waals surface area (Å²) in [6.07, 6.45) is -3.18. The normalized spacial score (nSPS) is 11.6. The maximum absolute atomic E-state index is 13.0. The molecule has 9 heteroatoms. The fourth-order valence-electron chi connectivity index (χ4n) is 2.06. The summed E-state index contributed by atoms with van der Waals surface area (Å²) in [6, 6.07) is 7.24. The Morgan fingerprint density at radius 3 is 2.70 bits per heavy atom. The number of hydrogen-bond donors (Lipinski definition) is 2. The number of phenolic OH excluding ortho intramolecular Hbond substituents is 1. The molecule has 0 atom stereocenters. The van der Waals surface area contributed by atoms with E-state index in [1.165, 1.54) is 4.40 Å². The zero-order valence-corrected chi connectivity index (χ0v) is 11.4. The van der Waals surface area contributed by atoms with E-state index in [1.54, 1.807) is 24.4 Å². The van der Waals surface area contributed by atoms with E-state index in [-0.39, 0.29) is 5.95 Å². The quantitative estimate of drug-likeness (QED) is 0.760. The lowest BCUT2D eigenvalue weighted by molar-refractivity contribution is -0.137. The number of aromatic nitrogens is 3. The van der Waals surface area contributed by atoms with Crippen LogP contribution in [0.2, 0.25) is 0 Å². The molecule has 0 bridgehead atoms. The van der Waals surface area contributed by atoms with E-state index >= 15 is 0 Å². The molecule has 1 amide bonds. The summed E-state index contributed by atoms with van der Waals surface area (Å²) in [5.74, 6) is -1.53. The van der Waals surface area contributed by atoms with Crippen LogP contribution in [0.4, 0.5) is 19.1 Å². The smallest absolute Gasteiger partial charge is 0.417 e. The Morgan fingerprint density at radius 2 is 1.96 bits per heavy atom. The van der Waals surface area contributed by atoms with Gasteiger partial charge >= 0.3 is 6.18 Å². The van der Waals surface area contributed by atoms with Crippen LogP contribution >= 0.6 is 0 Å². The Bertz CT molecular complexity index is 889. The number of anilines is 1. The van der Waals surface area contributed by atoms with Gasteiger partial charge in [-0.1, -0.05) is 6.07 Å². The van der Waals surface area contributed by atoms with Crippen molar-refractivity contribution in [3.63, 3.8) is 0 Å². The Balaban J connectivity index is 1.99. The summed E-state index contributed by atoms with van der Waals surface area (Å²) in [4.78, 5) is 12.2. The second-order valence-electron chi connectivity index (χ2n) is 4.63. The number of pyridine rings is 1. The van der Waals surface area contributed by atoms with E-state index in [1.807, 2.05) is 0 Å². The number of halogens is 3. The second-order valence-corrected chi connectivity index (χ2v) is 4.63. The average Bonchev–Trinajstić information content (AvgIpc) is 2.89. The molecule has 2 N–H and O–H groups in total. The maximum atomic E-state index is 13.0. The van der Waals surface area contributed by atoms with E-state index in [0.717, 1.165) is 12.1 Å². The molecule has 0 aliphatic carbocycles. The van der Waals surface area contributed by atoms with Gasteiger partial charge in [-0.25, -0.2) is 0 Å². The number of nitrogens with zero attached hydrogens (tertiary/aromatic N) is 3. The summed E-state index contributed by atoms with van der Waals surface area (Å²) in [7, 11) is 0. The molecule has 0 unspecified atom stereocenters. The first kappa shape index (κ1) is 14.8. The fraction of sp³-hybridized carbons (Fsp3) is 0.0714. The molecule has 0 fully saturated rings. The SMILES string of the molecule is O=C(Nc1nnc2ccccn12)c1cc(O)ccc1C(F)(F)F. The minimum atomic E-state index is -4.73. The van der Waals surface area contributed by atoms with Crippen LogP contribution in [-0.4, -0.2) is 25.6 Å². The molecule has 1 aromatic carbocycles. The highest BCUT2D eigenvalue weighted by atomic mass is 19.4. The molecular formula is C14H9F3N4O2. The number of amides is 1. The lowest BCUT2D eigenvalue weighted by Gasteiger charge is -2.12. The first-order valence-electron chi connectivity index (χ1n) is 6.37. The average molecular weight is 322 g/mol. The highest BCUT2D eigenvalue weighted by Gasteiger charge is 2.35. The zero-order chi connectivity index (χ0) is 16.6. The standard InChI is InChI=1S/C14H9F3N4O2/c15-14(16,17)10-5-4-8(22)7-9(10)12(23)18-13-20-19-11-3-1-2-6-21(11)13/h1-7,22H,(H,18,20,23). The number of aromatic hydroxyl groups is 1. The molecule has 3 aromatic rings. The summed E-state index contributed by atoms with van der Waals surface area (Å²) in [6.45, 7) is 0. The van der Waals surface area contributed by atoms with Crippen molar-refractivity contribution in [1.29, 1.82) is 0 Å². The summed E-state index contributed by atoms with van der Waals surface area (Å²) in [5.41, 5.74) is -1.43. The third kappa shape index (κ3) is 2.80. The Morgan fingerprint density at radius 1 is 1.17 bits per heavy atom. The number of hydrogen-bond acceptors (Lipinski definition) is 4. The minimum absolute atomic E-state index is 0.0259. The first-order valence-corrected chi connectivity index (χ1v) is 6.37. The monoisotopic (exact) mass is 322 g/mol. The van der Waals surface area contributed by atoms with Crippen molar-refractivity contribution in [1.82, 2.24) is 14.6 Å². The molecule has 0 saturated carbocycles. The number of phenols is 1. The van der Waals surface area contributed by atoms with E-state index in [9.17, 15) is 23.1 Å². The predicted octanol–water partition coefficient (Wildman–Crippen LogP) is 2.71. The molecule has 0 radical (unpaired) electrons. The Labute approximate surface area is 127 Å². The van der Waals surface area contributed by atoms with Crippen LogP contribution < -0.4 is 5.32 Å². The third-order valence-electron chi connectivity index (χ3n) is 3.09. The number of benzene rings is 1.